The van der Waals surface area contributed by atoms with Crippen molar-refractivity contribution in [3.63, 3.8) is 0 Å². The van der Waals surface area contributed by atoms with Crippen molar-refractivity contribution in [2.24, 2.45) is 0 Å². The Hall–Kier alpha value is 0.760. The zero-order chi connectivity index (χ0) is 5.70. The zero-order valence-electron chi connectivity index (χ0n) is 3.79. The molecule has 0 spiro atoms. The molecular weight excluding hydrogens is 151 g/mol. The molecule has 0 aliphatic rings. The van der Waals surface area contributed by atoms with E-state index in [1.807, 2.05) is 6.92 Å². The van der Waals surface area contributed by atoms with Gasteiger partial charge in [-0.25, -0.2) is 0 Å². The predicted molar refractivity (Wildman–Crippen MR) is 34.3 cm³/mol. The van der Waals surface area contributed by atoms with Crippen LogP contribution >= 0.6 is 18.9 Å². The molecule has 2 nitrogen and oxygen atoms in total. The second-order valence-electron chi connectivity index (χ2n) is 0.692. The van der Waals surface area contributed by atoms with Crippen LogP contribution in [0.3, 0.4) is 0 Å². The Kier molecular flexibility index (Phi) is 5.44. The molecule has 0 heterocycles. The van der Waals surface area contributed by atoms with Gasteiger partial charge in [0, 0.05) is 0 Å². The quantitative estimate of drug-likeness (QED) is 0.345. The third kappa shape index (κ3) is 6.76. The second-order valence-corrected chi connectivity index (χ2v) is 4.55. The first-order valence-corrected chi connectivity index (χ1v) is 5.14. The SMILES string of the molecule is CCOSS(=O)#P. The van der Waals surface area contributed by atoms with Gasteiger partial charge in [-0.3, -0.25) is 0 Å². The molecule has 0 fully saturated rings. The molecule has 0 aromatic rings. The van der Waals surface area contributed by atoms with E-state index in [2.05, 4.69) is 12.0 Å². The van der Waals surface area contributed by atoms with E-state index in [1.165, 1.54) is 0 Å². The van der Waals surface area contributed by atoms with Crippen molar-refractivity contribution in [2.75, 3.05) is 6.61 Å². The Morgan fingerprint density at radius 3 is 2.71 bits per heavy atom. The molecule has 0 radical (unpaired) electrons. The summed E-state index contributed by atoms with van der Waals surface area (Å²) in [5, 5.41) is 0. The van der Waals surface area contributed by atoms with Crippen LogP contribution in [-0.2, 0) is 13.0 Å². The Morgan fingerprint density at radius 1 is 2.00 bits per heavy atom. The first-order chi connectivity index (χ1) is 3.27. The van der Waals surface area contributed by atoms with Crippen LogP contribution in [0.25, 0.3) is 0 Å². The van der Waals surface area contributed by atoms with E-state index in [0.717, 1.165) is 11.1 Å². The van der Waals surface area contributed by atoms with E-state index in [0.29, 0.717) is 6.61 Å². The van der Waals surface area contributed by atoms with Gasteiger partial charge >= 0.3 is 49.6 Å². The van der Waals surface area contributed by atoms with Crippen LogP contribution in [0.4, 0.5) is 0 Å². The van der Waals surface area contributed by atoms with Gasteiger partial charge in [0.2, 0.25) is 0 Å². The van der Waals surface area contributed by atoms with Crippen molar-refractivity contribution < 1.29 is 8.39 Å². The minimum atomic E-state index is -1.18. The Balaban J connectivity index is 3.04. The maximum atomic E-state index is 10.0. The van der Waals surface area contributed by atoms with Crippen molar-refractivity contribution in [1.82, 2.24) is 0 Å². The van der Waals surface area contributed by atoms with Gasteiger partial charge in [-0.05, 0) is 0 Å². The van der Waals surface area contributed by atoms with Crippen LogP contribution in [0.1, 0.15) is 6.92 Å². The van der Waals surface area contributed by atoms with Crippen LogP contribution < -0.4 is 0 Å². The molecule has 0 N–H and O–H groups in total. The molecule has 0 bridgehead atoms. The van der Waals surface area contributed by atoms with Crippen LogP contribution in [0.2, 0.25) is 0 Å². The van der Waals surface area contributed by atoms with Gasteiger partial charge < -0.3 is 0 Å². The summed E-state index contributed by atoms with van der Waals surface area (Å²) in [7, 11) is 2.37. The molecule has 0 amide bonds. The van der Waals surface area contributed by atoms with Gasteiger partial charge in [0.15, 0.2) is 0 Å². The zero-order valence-corrected chi connectivity index (χ0v) is 6.31. The van der Waals surface area contributed by atoms with Crippen molar-refractivity contribution in [2.45, 2.75) is 6.92 Å². The topological polar surface area (TPSA) is 26.3 Å². The average molecular weight is 156 g/mol. The van der Waals surface area contributed by atoms with E-state index >= 15 is 0 Å². The summed E-state index contributed by atoms with van der Waals surface area (Å²) < 4.78 is 14.7. The molecule has 0 atom stereocenters. The molecule has 0 rings (SSSR count). The molecule has 5 heteroatoms. The fraction of sp³-hybridized carbons (Fsp3) is 1.00. The summed E-state index contributed by atoms with van der Waals surface area (Å²) in [6, 6.07) is 0. The molecule has 0 saturated heterocycles. The standard InChI is InChI=1S/C2H5O2PS2/c1-2-4-6-7(3)5/h2H2,1H3. The summed E-state index contributed by atoms with van der Waals surface area (Å²) in [5.74, 6) is 0. The monoisotopic (exact) mass is 156 g/mol. The van der Waals surface area contributed by atoms with Crippen molar-refractivity contribution in [1.29, 1.82) is 0 Å². The van der Waals surface area contributed by atoms with Gasteiger partial charge in [0.25, 0.3) is 0 Å². The second kappa shape index (κ2) is 4.91. The first-order valence-electron chi connectivity index (χ1n) is 1.68. The average Bonchev–Trinajstić information content (AvgIpc) is 1.61. The molecule has 0 saturated carbocycles. The molecule has 0 aromatic heterocycles. The van der Waals surface area contributed by atoms with Crippen molar-refractivity contribution in [3.05, 3.63) is 0 Å². The summed E-state index contributed by atoms with van der Waals surface area (Å²) in [6.45, 7) is 2.39. The van der Waals surface area contributed by atoms with Crippen molar-refractivity contribution >= 4 is 27.7 Å². The Labute approximate surface area is 50.1 Å². The first kappa shape index (κ1) is 7.76. The molecule has 7 heavy (non-hydrogen) atoms. The van der Waals surface area contributed by atoms with Crippen LogP contribution in [0.5, 0.6) is 0 Å². The number of hydrogen-bond donors (Lipinski definition) is 0. The van der Waals surface area contributed by atoms with Gasteiger partial charge in [-0.15, -0.1) is 0 Å². The third-order valence-corrected chi connectivity index (χ3v) is 1.86. The van der Waals surface area contributed by atoms with Gasteiger partial charge in [0.1, 0.15) is 0 Å². The summed E-state index contributed by atoms with van der Waals surface area (Å²) >= 11 is 0.868. The Morgan fingerprint density at radius 2 is 2.57 bits per heavy atom. The molecule has 0 aromatic carbocycles. The minimum absolute atomic E-state index is 0.566. The molecular formula is C2H5O2PS2. The third-order valence-electron chi connectivity index (χ3n) is 0.224. The van der Waals surface area contributed by atoms with E-state index in [1.54, 1.807) is 0 Å². The van der Waals surface area contributed by atoms with Crippen LogP contribution in [-0.4, -0.2) is 10.8 Å². The van der Waals surface area contributed by atoms with Gasteiger partial charge in [-0.2, -0.15) is 0 Å². The van der Waals surface area contributed by atoms with Crippen LogP contribution in [0, 0.1) is 0 Å². The normalized spacial score (nSPS) is 8.57. The van der Waals surface area contributed by atoms with Gasteiger partial charge in [-0.1, -0.05) is 0 Å². The number of rotatable bonds is 2. The fourth-order valence-electron chi connectivity index (χ4n) is 0.0893. The summed E-state index contributed by atoms with van der Waals surface area (Å²) in [5.41, 5.74) is 0. The molecule has 0 aliphatic carbocycles. The number of hydrogen-bond acceptors (Lipinski definition) is 3. The van der Waals surface area contributed by atoms with Gasteiger partial charge in [0.05, 0.1) is 0 Å². The van der Waals surface area contributed by atoms with E-state index in [4.69, 9.17) is 0 Å². The fourth-order valence-corrected chi connectivity index (χ4v) is 1.19. The molecule has 42 valence electrons. The van der Waals surface area contributed by atoms with Crippen molar-refractivity contribution in [3.8, 4) is 0 Å². The van der Waals surface area contributed by atoms with E-state index in [9.17, 15) is 4.21 Å². The molecule has 0 unspecified atom stereocenters. The summed E-state index contributed by atoms with van der Waals surface area (Å²) in [4.78, 5) is 0. The predicted octanol–water partition coefficient (Wildman–Crippen LogP) is 1.66. The van der Waals surface area contributed by atoms with Crippen LogP contribution in [0.15, 0.2) is 0 Å². The summed E-state index contributed by atoms with van der Waals surface area (Å²) in [6.07, 6.45) is 0. The van der Waals surface area contributed by atoms with E-state index < -0.39 is 8.81 Å². The Bertz CT molecular complexity index is 137. The maximum absolute atomic E-state index is 10.0. The molecule has 0 aliphatic heterocycles. The van der Waals surface area contributed by atoms with E-state index in [-0.39, 0.29) is 0 Å².